The van der Waals surface area contributed by atoms with Crippen LogP contribution in [0.1, 0.15) is 16.6 Å². The highest BCUT2D eigenvalue weighted by Crippen LogP contribution is 2.28. The number of benzene rings is 1. The average molecular weight is 484 g/mol. The van der Waals surface area contributed by atoms with Crippen LogP contribution in [-0.2, 0) is 4.79 Å². The van der Waals surface area contributed by atoms with E-state index in [0.29, 0.717) is 41.8 Å². The molecule has 3 aromatic heterocycles. The van der Waals surface area contributed by atoms with E-state index in [1.807, 2.05) is 12.1 Å². The van der Waals surface area contributed by atoms with Crippen LogP contribution in [0.2, 0.25) is 0 Å². The quantitative estimate of drug-likeness (QED) is 0.474. The van der Waals surface area contributed by atoms with Crippen LogP contribution < -0.4 is 5.32 Å². The Labute approximate surface area is 195 Å². The minimum Gasteiger partial charge on any atom is -0.339 e. The molecule has 0 saturated carbocycles. The molecule has 0 bridgehead atoms. The summed E-state index contributed by atoms with van der Waals surface area (Å²) in [6.45, 7) is 3.52. The van der Waals surface area contributed by atoms with Crippen molar-refractivity contribution >= 4 is 55.8 Å². The molecule has 168 valence electrons. The van der Waals surface area contributed by atoms with Gasteiger partial charge in [-0.15, -0.1) is 11.3 Å². The number of hydrogen-bond acceptors (Lipinski definition) is 9. The fourth-order valence-electron chi connectivity index (χ4n) is 3.54. The Morgan fingerprint density at radius 1 is 1.06 bits per heavy atom. The van der Waals surface area contributed by atoms with Gasteiger partial charge in [0.1, 0.15) is 10.6 Å². The molecule has 0 radical (unpaired) electrons. The number of carbonyl (C=O) groups excluding carboxylic acids is 2. The monoisotopic (exact) mass is 483 g/mol. The topological polar surface area (TPSA) is 104 Å². The van der Waals surface area contributed by atoms with Gasteiger partial charge in [0.25, 0.3) is 5.91 Å². The van der Waals surface area contributed by atoms with Gasteiger partial charge >= 0.3 is 0 Å². The lowest BCUT2D eigenvalue weighted by Crippen LogP contribution is -2.49. The number of carbonyl (C=O) groups is 2. The molecule has 33 heavy (non-hydrogen) atoms. The summed E-state index contributed by atoms with van der Waals surface area (Å²) in [5, 5.41) is 3.39. The number of piperazine rings is 1. The molecular formula is C21H18FN7O2S2. The van der Waals surface area contributed by atoms with Crippen LogP contribution in [0.15, 0.2) is 36.1 Å². The molecule has 1 N–H and O–H groups in total. The van der Waals surface area contributed by atoms with Crippen LogP contribution in [0, 0.1) is 5.82 Å². The summed E-state index contributed by atoms with van der Waals surface area (Å²) in [4.78, 5) is 45.0. The van der Waals surface area contributed by atoms with E-state index in [0.717, 1.165) is 16.4 Å². The second-order valence-corrected chi connectivity index (χ2v) is 9.29. The van der Waals surface area contributed by atoms with Gasteiger partial charge in [0, 0.05) is 38.7 Å². The molecule has 1 aliphatic heterocycles. The number of thiazole rings is 2. The number of amides is 2. The molecule has 1 saturated heterocycles. The van der Waals surface area contributed by atoms with Gasteiger partial charge in [0.2, 0.25) is 11.9 Å². The van der Waals surface area contributed by atoms with Gasteiger partial charge in [-0.3, -0.25) is 9.59 Å². The lowest BCUT2D eigenvalue weighted by Gasteiger charge is -2.33. The predicted molar refractivity (Wildman–Crippen MR) is 124 cm³/mol. The van der Waals surface area contributed by atoms with Crippen LogP contribution in [0.5, 0.6) is 0 Å². The molecule has 0 aliphatic carbocycles. The maximum Gasteiger partial charge on any atom is 0.265 e. The second-order valence-electron chi connectivity index (χ2n) is 7.38. The van der Waals surface area contributed by atoms with Crippen molar-refractivity contribution in [1.29, 1.82) is 0 Å². The number of hydrogen-bond donors (Lipinski definition) is 1. The van der Waals surface area contributed by atoms with Crippen molar-refractivity contribution in [2.45, 2.75) is 6.92 Å². The van der Waals surface area contributed by atoms with E-state index in [1.165, 1.54) is 35.8 Å². The van der Waals surface area contributed by atoms with E-state index in [-0.39, 0.29) is 23.5 Å². The van der Waals surface area contributed by atoms with Crippen LogP contribution in [0.25, 0.3) is 21.5 Å². The minimum absolute atomic E-state index is 0.0111. The Hall–Kier alpha value is -3.51. The third kappa shape index (κ3) is 4.39. The van der Waals surface area contributed by atoms with E-state index >= 15 is 0 Å². The highest BCUT2D eigenvalue weighted by molar-refractivity contribution is 7.17. The zero-order chi connectivity index (χ0) is 22.9. The number of fused-ring (bicyclic) bond motifs is 1. The molecule has 12 heteroatoms. The molecule has 1 aromatic carbocycles. The fraction of sp³-hybridized carbons (Fsp3) is 0.238. The van der Waals surface area contributed by atoms with Crippen molar-refractivity contribution in [2.24, 2.45) is 0 Å². The van der Waals surface area contributed by atoms with E-state index in [1.54, 1.807) is 21.4 Å². The van der Waals surface area contributed by atoms with Gasteiger partial charge in [0.15, 0.2) is 10.9 Å². The Kier molecular flexibility index (Phi) is 5.68. The molecule has 0 atom stereocenters. The normalized spacial score (nSPS) is 14.0. The summed E-state index contributed by atoms with van der Waals surface area (Å²) in [6.07, 6.45) is 2.60. The fourth-order valence-corrected chi connectivity index (χ4v) is 5.03. The SMILES string of the molecule is CC(=O)N1CCN(C(=O)c2cnc(Nc3ncc(F)c(-c4ccc5ncsc5c4)n3)s2)CC1. The second kappa shape index (κ2) is 8.79. The first-order chi connectivity index (χ1) is 16.0. The molecule has 4 heterocycles. The summed E-state index contributed by atoms with van der Waals surface area (Å²) in [5.74, 6) is -0.484. The first-order valence-corrected chi connectivity index (χ1v) is 11.8. The van der Waals surface area contributed by atoms with E-state index < -0.39 is 5.82 Å². The zero-order valence-electron chi connectivity index (χ0n) is 17.5. The van der Waals surface area contributed by atoms with Gasteiger partial charge in [-0.1, -0.05) is 17.4 Å². The molecule has 0 spiro atoms. The molecule has 0 unspecified atom stereocenters. The number of nitrogens with one attached hydrogen (secondary N) is 1. The summed E-state index contributed by atoms with van der Waals surface area (Å²) in [6, 6.07) is 5.43. The molecule has 4 aromatic rings. The molecular weight excluding hydrogens is 465 g/mol. The molecule has 1 aliphatic rings. The standard InChI is InChI=1S/C21H18FN7O2S2/c1-12(30)28-4-6-29(7-5-28)19(31)17-10-24-21(33-17)27-20-23-9-14(22)18(26-20)13-2-3-15-16(8-13)32-11-25-15/h2-3,8-11H,4-7H2,1H3,(H,23,24,26,27). The Balaban J connectivity index is 1.31. The number of anilines is 2. The van der Waals surface area contributed by atoms with Crippen LogP contribution >= 0.6 is 22.7 Å². The number of rotatable bonds is 4. The van der Waals surface area contributed by atoms with Gasteiger partial charge in [0.05, 0.1) is 28.1 Å². The van der Waals surface area contributed by atoms with Crippen LogP contribution in [-0.4, -0.2) is 67.7 Å². The smallest absolute Gasteiger partial charge is 0.265 e. The molecule has 1 fully saturated rings. The Morgan fingerprint density at radius 2 is 1.85 bits per heavy atom. The van der Waals surface area contributed by atoms with Crippen molar-refractivity contribution in [2.75, 3.05) is 31.5 Å². The van der Waals surface area contributed by atoms with E-state index in [2.05, 4.69) is 25.3 Å². The summed E-state index contributed by atoms with van der Waals surface area (Å²) >= 11 is 2.64. The van der Waals surface area contributed by atoms with Gasteiger partial charge < -0.3 is 15.1 Å². The third-order valence-corrected chi connectivity index (χ3v) is 6.99. The average Bonchev–Trinajstić information content (AvgIpc) is 3.49. The maximum absolute atomic E-state index is 14.5. The summed E-state index contributed by atoms with van der Waals surface area (Å²) < 4.78 is 15.4. The lowest BCUT2D eigenvalue weighted by atomic mass is 10.1. The first kappa shape index (κ1) is 21.3. The van der Waals surface area contributed by atoms with Crippen molar-refractivity contribution in [3.63, 3.8) is 0 Å². The van der Waals surface area contributed by atoms with E-state index in [4.69, 9.17) is 0 Å². The number of nitrogens with zero attached hydrogens (tertiary/aromatic N) is 6. The van der Waals surface area contributed by atoms with Gasteiger partial charge in [-0.05, 0) is 12.1 Å². The van der Waals surface area contributed by atoms with Crippen molar-refractivity contribution in [1.82, 2.24) is 29.7 Å². The highest BCUT2D eigenvalue weighted by Gasteiger charge is 2.24. The largest absolute Gasteiger partial charge is 0.339 e. The molecule has 2 amide bonds. The Bertz CT molecular complexity index is 1350. The van der Waals surface area contributed by atoms with Crippen molar-refractivity contribution < 1.29 is 14.0 Å². The van der Waals surface area contributed by atoms with Crippen molar-refractivity contribution in [3.05, 3.63) is 46.8 Å². The van der Waals surface area contributed by atoms with Crippen LogP contribution in [0.3, 0.4) is 0 Å². The van der Waals surface area contributed by atoms with Crippen LogP contribution in [0.4, 0.5) is 15.5 Å². The van der Waals surface area contributed by atoms with Gasteiger partial charge in [-0.2, -0.15) is 0 Å². The summed E-state index contributed by atoms with van der Waals surface area (Å²) in [7, 11) is 0. The van der Waals surface area contributed by atoms with Gasteiger partial charge in [-0.25, -0.2) is 24.3 Å². The van der Waals surface area contributed by atoms with Crippen molar-refractivity contribution in [3.8, 4) is 11.3 Å². The lowest BCUT2D eigenvalue weighted by molar-refractivity contribution is -0.130. The summed E-state index contributed by atoms with van der Waals surface area (Å²) in [5.41, 5.74) is 3.37. The first-order valence-electron chi connectivity index (χ1n) is 10.1. The molecule has 5 rings (SSSR count). The van der Waals surface area contributed by atoms with E-state index in [9.17, 15) is 14.0 Å². The maximum atomic E-state index is 14.5. The molecule has 9 nitrogen and oxygen atoms in total. The highest BCUT2D eigenvalue weighted by atomic mass is 32.1. The number of aromatic nitrogens is 4. The third-order valence-electron chi connectivity index (χ3n) is 5.30. The Morgan fingerprint density at radius 3 is 2.64 bits per heavy atom. The predicted octanol–water partition coefficient (Wildman–Crippen LogP) is 3.40. The minimum atomic E-state index is -0.538. The zero-order valence-corrected chi connectivity index (χ0v) is 19.1. The number of halogens is 1.